The zero-order chi connectivity index (χ0) is 17.0. The second-order valence-corrected chi connectivity index (χ2v) is 6.55. The van der Waals surface area contributed by atoms with Crippen LogP contribution >= 0.6 is 0 Å². The van der Waals surface area contributed by atoms with E-state index in [1.165, 1.54) is 0 Å². The van der Waals surface area contributed by atoms with Gasteiger partial charge in [-0.3, -0.25) is 14.6 Å². The van der Waals surface area contributed by atoms with Crippen molar-refractivity contribution in [2.75, 3.05) is 19.7 Å². The van der Waals surface area contributed by atoms with Gasteiger partial charge in [0.25, 0.3) is 0 Å². The molecule has 1 saturated heterocycles. The number of hydrogen-bond acceptors (Lipinski definition) is 4. The lowest BCUT2D eigenvalue weighted by molar-refractivity contribution is -0.157. The average molecular weight is 318 g/mol. The van der Waals surface area contributed by atoms with Gasteiger partial charge in [-0.15, -0.1) is 0 Å². The summed E-state index contributed by atoms with van der Waals surface area (Å²) in [5.41, 5.74) is 0.316. The van der Waals surface area contributed by atoms with Gasteiger partial charge in [0.05, 0.1) is 17.9 Å². The Morgan fingerprint density at radius 3 is 2.70 bits per heavy atom. The first-order valence-electron chi connectivity index (χ1n) is 8.28. The van der Waals surface area contributed by atoms with Crippen molar-refractivity contribution in [1.82, 2.24) is 9.88 Å². The standard InChI is InChI=1S/C18H26N2O3/c1-5-23-17(22)18(13(2)3)8-10-20(12-18)16(21)14(4)15-7-6-9-19-11-15/h6-7,9,11,13-14H,5,8,10,12H2,1-4H3/t14-,18+/m0/s1. The Labute approximate surface area is 138 Å². The highest BCUT2D eigenvalue weighted by atomic mass is 16.5. The molecule has 0 spiro atoms. The number of ether oxygens (including phenoxy) is 1. The quantitative estimate of drug-likeness (QED) is 0.783. The van der Waals surface area contributed by atoms with Gasteiger partial charge in [-0.1, -0.05) is 19.9 Å². The molecule has 5 nitrogen and oxygen atoms in total. The number of aromatic nitrogens is 1. The van der Waals surface area contributed by atoms with Crippen molar-refractivity contribution in [3.8, 4) is 0 Å². The summed E-state index contributed by atoms with van der Waals surface area (Å²) in [5, 5.41) is 0. The van der Waals surface area contributed by atoms with Crippen LogP contribution in [0.4, 0.5) is 0 Å². The second-order valence-electron chi connectivity index (χ2n) is 6.55. The Morgan fingerprint density at radius 1 is 1.39 bits per heavy atom. The van der Waals surface area contributed by atoms with E-state index in [1.54, 1.807) is 17.3 Å². The molecule has 23 heavy (non-hydrogen) atoms. The molecular weight excluding hydrogens is 292 g/mol. The number of hydrogen-bond donors (Lipinski definition) is 0. The molecule has 126 valence electrons. The van der Waals surface area contributed by atoms with Crippen LogP contribution in [0.5, 0.6) is 0 Å². The maximum absolute atomic E-state index is 12.8. The van der Waals surface area contributed by atoms with E-state index in [2.05, 4.69) is 4.98 Å². The number of esters is 1. The maximum Gasteiger partial charge on any atom is 0.314 e. The molecule has 0 bridgehead atoms. The van der Waals surface area contributed by atoms with Crippen LogP contribution in [0.3, 0.4) is 0 Å². The van der Waals surface area contributed by atoms with Crippen LogP contribution in [0.1, 0.15) is 45.6 Å². The Balaban J connectivity index is 2.14. The fourth-order valence-electron chi connectivity index (χ4n) is 3.22. The van der Waals surface area contributed by atoms with Gasteiger partial charge in [-0.25, -0.2) is 0 Å². The minimum atomic E-state index is -0.583. The molecule has 0 aromatic carbocycles. The van der Waals surface area contributed by atoms with E-state index in [-0.39, 0.29) is 23.7 Å². The van der Waals surface area contributed by atoms with E-state index in [0.717, 1.165) is 5.56 Å². The summed E-state index contributed by atoms with van der Waals surface area (Å²) < 4.78 is 5.28. The first kappa shape index (κ1) is 17.4. The van der Waals surface area contributed by atoms with Gasteiger partial charge < -0.3 is 9.64 Å². The lowest BCUT2D eigenvalue weighted by Crippen LogP contribution is -2.42. The predicted molar refractivity (Wildman–Crippen MR) is 87.8 cm³/mol. The van der Waals surface area contributed by atoms with E-state index in [1.807, 2.05) is 39.8 Å². The fourth-order valence-corrected chi connectivity index (χ4v) is 3.22. The zero-order valence-corrected chi connectivity index (χ0v) is 14.4. The molecule has 1 aliphatic rings. The zero-order valence-electron chi connectivity index (χ0n) is 14.4. The third kappa shape index (κ3) is 3.38. The monoisotopic (exact) mass is 318 g/mol. The highest BCUT2D eigenvalue weighted by Gasteiger charge is 2.49. The van der Waals surface area contributed by atoms with Crippen LogP contribution in [0.25, 0.3) is 0 Å². The number of likely N-dealkylation sites (tertiary alicyclic amines) is 1. The van der Waals surface area contributed by atoms with Gasteiger partial charge in [-0.2, -0.15) is 0 Å². The minimum absolute atomic E-state index is 0.0461. The Morgan fingerprint density at radius 2 is 2.13 bits per heavy atom. The van der Waals surface area contributed by atoms with Gasteiger partial charge in [0, 0.05) is 25.5 Å². The number of nitrogens with zero attached hydrogens (tertiary/aromatic N) is 2. The molecule has 1 aliphatic heterocycles. The molecule has 5 heteroatoms. The second kappa shape index (κ2) is 7.11. The first-order chi connectivity index (χ1) is 10.9. The smallest absolute Gasteiger partial charge is 0.314 e. The Hall–Kier alpha value is -1.91. The van der Waals surface area contributed by atoms with Crippen LogP contribution in [-0.2, 0) is 14.3 Å². The van der Waals surface area contributed by atoms with Crippen molar-refractivity contribution < 1.29 is 14.3 Å². The maximum atomic E-state index is 12.8. The van der Waals surface area contributed by atoms with Gasteiger partial charge in [0.15, 0.2) is 0 Å². The van der Waals surface area contributed by atoms with Crippen LogP contribution in [0.15, 0.2) is 24.5 Å². The summed E-state index contributed by atoms with van der Waals surface area (Å²) in [6, 6.07) is 3.74. The topological polar surface area (TPSA) is 59.5 Å². The highest BCUT2D eigenvalue weighted by Crippen LogP contribution is 2.40. The molecule has 1 amide bonds. The third-order valence-electron chi connectivity index (χ3n) is 4.95. The SMILES string of the molecule is CCOC(=O)[C@]1(C(C)C)CCN(C(=O)[C@@H](C)c2cccnc2)C1. The van der Waals surface area contributed by atoms with E-state index in [4.69, 9.17) is 4.74 Å². The van der Waals surface area contributed by atoms with E-state index < -0.39 is 5.41 Å². The molecule has 0 radical (unpaired) electrons. The summed E-state index contributed by atoms with van der Waals surface area (Å²) in [6.07, 6.45) is 4.08. The van der Waals surface area contributed by atoms with Crippen LogP contribution in [0.2, 0.25) is 0 Å². The lowest BCUT2D eigenvalue weighted by atomic mass is 9.76. The van der Waals surface area contributed by atoms with Crippen molar-refractivity contribution >= 4 is 11.9 Å². The minimum Gasteiger partial charge on any atom is -0.466 e. The van der Waals surface area contributed by atoms with Crippen LogP contribution in [0, 0.1) is 11.3 Å². The van der Waals surface area contributed by atoms with E-state index in [9.17, 15) is 9.59 Å². The molecule has 2 atom stereocenters. The van der Waals surface area contributed by atoms with Gasteiger partial charge >= 0.3 is 5.97 Å². The van der Waals surface area contributed by atoms with Crippen LogP contribution < -0.4 is 0 Å². The molecule has 1 aromatic heterocycles. The third-order valence-corrected chi connectivity index (χ3v) is 4.95. The molecule has 0 N–H and O–H groups in total. The van der Waals surface area contributed by atoms with E-state index in [0.29, 0.717) is 26.1 Å². The summed E-state index contributed by atoms with van der Waals surface area (Å²) >= 11 is 0. The average Bonchev–Trinajstić information content (AvgIpc) is 3.01. The number of carbonyl (C=O) groups excluding carboxylic acids is 2. The first-order valence-corrected chi connectivity index (χ1v) is 8.28. The molecule has 0 aliphatic carbocycles. The number of amides is 1. The molecule has 2 heterocycles. The number of carbonyl (C=O) groups is 2. The molecule has 2 rings (SSSR count). The van der Waals surface area contributed by atoms with Crippen molar-refractivity contribution in [3.63, 3.8) is 0 Å². The molecular formula is C18H26N2O3. The lowest BCUT2D eigenvalue weighted by Gasteiger charge is -2.31. The normalized spacial score (nSPS) is 22.2. The summed E-state index contributed by atoms with van der Waals surface area (Å²) in [5.74, 6) is -0.258. The summed E-state index contributed by atoms with van der Waals surface area (Å²) in [4.78, 5) is 31.1. The Kier molecular flexibility index (Phi) is 5.39. The molecule has 1 aromatic rings. The van der Waals surface area contributed by atoms with Gasteiger partial charge in [0.2, 0.25) is 5.91 Å². The van der Waals surface area contributed by atoms with Crippen molar-refractivity contribution in [3.05, 3.63) is 30.1 Å². The van der Waals surface area contributed by atoms with Gasteiger partial charge in [0.1, 0.15) is 0 Å². The highest BCUT2D eigenvalue weighted by molar-refractivity contribution is 5.85. The van der Waals surface area contributed by atoms with Gasteiger partial charge in [-0.05, 0) is 37.8 Å². The molecule has 0 unspecified atom stereocenters. The largest absolute Gasteiger partial charge is 0.466 e. The predicted octanol–water partition coefficient (Wildman–Crippen LogP) is 2.62. The fraction of sp³-hybridized carbons (Fsp3) is 0.611. The van der Waals surface area contributed by atoms with Crippen LogP contribution in [-0.4, -0.2) is 41.5 Å². The molecule has 1 fully saturated rings. The molecule has 0 saturated carbocycles. The van der Waals surface area contributed by atoms with Crippen molar-refractivity contribution in [1.29, 1.82) is 0 Å². The van der Waals surface area contributed by atoms with E-state index >= 15 is 0 Å². The Bertz CT molecular complexity index is 559. The van der Waals surface area contributed by atoms with Crippen molar-refractivity contribution in [2.24, 2.45) is 11.3 Å². The summed E-state index contributed by atoms with van der Waals surface area (Å²) in [6.45, 7) is 9.15. The summed E-state index contributed by atoms with van der Waals surface area (Å²) in [7, 11) is 0. The number of pyridine rings is 1. The number of rotatable bonds is 5. The van der Waals surface area contributed by atoms with Crippen molar-refractivity contribution in [2.45, 2.75) is 40.0 Å².